The number of aromatic nitrogens is 2. The molecule has 4 aliphatic rings. The quantitative estimate of drug-likeness (QED) is 0.784. The molecule has 152 valence electrons. The van der Waals surface area contributed by atoms with Crippen LogP contribution in [0, 0.1) is 0 Å². The van der Waals surface area contributed by atoms with E-state index in [1.807, 2.05) is 53.6 Å². The van der Waals surface area contributed by atoms with Crippen molar-refractivity contribution in [3.05, 3.63) is 54.5 Å². The molecule has 6 nitrogen and oxygen atoms in total. The second-order valence-corrected chi connectivity index (χ2v) is 8.40. The Morgan fingerprint density at radius 3 is 2.28 bits per heavy atom. The minimum atomic E-state index is -0.562. The molecule has 1 aliphatic carbocycles. The van der Waals surface area contributed by atoms with Gasteiger partial charge in [-0.1, -0.05) is 36.4 Å². The van der Waals surface area contributed by atoms with Gasteiger partial charge in [-0.15, -0.1) is 0 Å². The number of carbonyl (C=O) groups is 1. The lowest BCUT2D eigenvalue weighted by Gasteiger charge is -2.37. The number of hydrogen-bond acceptors (Lipinski definition) is 5. The number of benzene rings is 1. The fourth-order valence-electron chi connectivity index (χ4n) is 4.56. The lowest BCUT2D eigenvalue weighted by molar-refractivity contribution is -0.139. The minimum absolute atomic E-state index is 0.0366. The van der Waals surface area contributed by atoms with E-state index in [1.54, 1.807) is 0 Å². The SMILES string of the molecule is O=C1N2CCCC2OC12CCN(c1ccnc(C3CC3)n1)CC2.c1ccccc1. The van der Waals surface area contributed by atoms with Gasteiger partial charge in [0.25, 0.3) is 5.91 Å². The Morgan fingerprint density at radius 2 is 1.66 bits per heavy atom. The molecule has 2 aromatic rings. The van der Waals surface area contributed by atoms with Crippen LogP contribution in [-0.4, -0.2) is 52.2 Å². The number of fused-ring (bicyclic) bond motifs is 1. The third-order valence-corrected chi connectivity index (χ3v) is 6.37. The fourth-order valence-corrected chi connectivity index (χ4v) is 4.56. The Kier molecular flexibility index (Phi) is 4.96. The van der Waals surface area contributed by atoms with Gasteiger partial charge >= 0.3 is 0 Å². The molecule has 1 unspecified atom stereocenters. The van der Waals surface area contributed by atoms with E-state index < -0.39 is 5.60 Å². The maximum absolute atomic E-state index is 12.7. The van der Waals surface area contributed by atoms with E-state index in [9.17, 15) is 4.79 Å². The second kappa shape index (κ2) is 7.75. The summed E-state index contributed by atoms with van der Waals surface area (Å²) >= 11 is 0. The van der Waals surface area contributed by atoms with Gasteiger partial charge in [-0.3, -0.25) is 4.79 Å². The molecule has 4 heterocycles. The molecule has 0 bridgehead atoms. The number of hydrogen-bond donors (Lipinski definition) is 0. The van der Waals surface area contributed by atoms with Gasteiger partial charge in [-0.05, 0) is 31.7 Å². The summed E-state index contributed by atoms with van der Waals surface area (Å²) in [6.07, 6.45) is 7.93. The average molecular weight is 393 g/mol. The van der Waals surface area contributed by atoms with Crippen LogP contribution >= 0.6 is 0 Å². The molecule has 1 amide bonds. The number of rotatable bonds is 2. The Balaban J connectivity index is 0.000000262. The topological polar surface area (TPSA) is 58.6 Å². The monoisotopic (exact) mass is 392 g/mol. The summed E-state index contributed by atoms with van der Waals surface area (Å²) in [5, 5.41) is 0. The van der Waals surface area contributed by atoms with E-state index >= 15 is 0 Å². The van der Waals surface area contributed by atoms with Crippen molar-refractivity contribution in [2.45, 2.75) is 56.3 Å². The van der Waals surface area contributed by atoms with Crippen molar-refractivity contribution in [3.63, 3.8) is 0 Å². The van der Waals surface area contributed by atoms with Crippen LogP contribution in [0.3, 0.4) is 0 Å². The lowest BCUT2D eigenvalue weighted by Crippen LogP contribution is -2.50. The van der Waals surface area contributed by atoms with Crippen LogP contribution in [0.2, 0.25) is 0 Å². The number of amides is 1. The molecule has 1 aromatic carbocycles. The molecule has 6 rings (SSSR count). The van der Waals surface area contributed by atoms with Gasteiger partial charge in [0, 0.05) is 44.6 Å². The van der Waals surface area contributed by atoms with Crippen LogP contribution < -0.4 is 4.90 Å². The van der Waals surface area contributed by atoms with Crippen molar-refractivity contribution in [1.29, 1.82) is 0 Å². The second-order valence-electron chi connectivity index (χ2n) is 8.40. The highest BCUT2D eigenvalue weighted by Gasteiger charge is 2.55. The van der Waals surface area contributed by atoms with Crippen molar-refractivity contribution in [3.8, 4) is 0 Å². The molecular formula is C23H28N4O2. The minimum Gasteiger partial charge on any atom is -0.356 e. The molecular weight excluding hydrogens is 364 g/mol. The summed E-state index contributed by atoms with van der Waals surface area (Å²) in [4.78, 5) is 26.1. The average Bonchev–Trinajstić information content (AvgIpc) is 3.49. The number of ether oxygens (including phenoxy) is 1. The van der Waals surface area contributed by atoms with Gasteiger partial charge in [0.15, 0.2) is 5.60 Å². The van der Waals surface area contributed by atoms with Crippen LogP contribution in [-0.2, 0) is 9.53 Å². The molecule has 3 saturated heterocycles. The largest absolute Gasteiger partial charge is 0.356 e. The Labute approximate surface area is 171 Å². The molecule has 4 fully saturated rings. The van der Waals surface area contributed by atoms with Gasteiger partial charge in [0.05, 0.1) is 0 Å². The van der Waals surface area contributed by atoms with Gasteiger partial charge in [0.2, 0.25) is 0 Å². The predicted octanol–water partition coefficient (Wildman–Crippen LogP) is 3.36. The normalized spacial score (nSPS) is 25.0. The summed E-state index contributed by atoms with van der Waals surface area (Å²) in [6, 6.07) is 14.0. The number of piperidine rings is 1. The highest BCUT2D eigenvalue weighted by Crippen LogP contribution is 2.41. The van der Waals surface area contributed by atoms with Crippen LogP contribution in [0.15, 0.2) is 48.7 Å². The third-order valence-electron chi connectivity index (χ3n) is 6.37. The number of carbonyl (C=O) groups excluding carboxylic acids is 1. The maximum atomic E-state index is 12.7. The zero-order valence-electron chi connectivity index (χ0n) is 16.7. The molecule has 0 N–H and O–H groups in total. The van der Waals surface area contributed by atoms with Gasteiger partial charge in [-0.25, -0.2) is 9.97 Å². The van der Waals surface area contributed by atoms with E-state index in [4.69, 9.17) is 9.72 Å². The van der Waals surface area contributed by atoms with Crippen LogP contribution in [0.5, 0.6) is 0 Å². The highest BCUT2D eigenvalue weighted by atomic mass is 16.6. The molecule has 6 heteroatoms. The van der Waals surface area contributed by atoms with E-state index in [2.05, 4.69) is 9.88 Å². The van der Waals surface area contributed by atoms with Crippen molar-refractivity contribution in [2.24, 2.45) is 0 Å². The lowest BCUT2D eigenvalue weighted by atomic mass is 9.90. The zero-order chi connectivity index (χ0) is 19.7. The molecule has 3 aliphatic heterocycles. The Morgan fingerprint density at radius 1 is 0.966 bits per heavy atom. The highest BCUT2D eigenvalue weighted by molar-refractivity contribution is 5.87. The molecule has 29 heavy (non-hydrogen) atoms. The van der Waals surface area contributed by atoms with Crippen molar-refractivity contribution in [2.75, 3.05) is 24.5 Å². The van der Waals surface area contributed by atoms with Crippen molar-refractivity contribution in [1.82, 2.24) is 14.9 Å². The number of nitrogens with zero attached hydrogens (tertiary/aromatic N) is 4. The first-order valence-electron chi connectivity index (χ1n) is 10.8. The van der Waals surface area contributed by atoms with Crippen LogP contribution in [0.1, 0.15) is 50.3 Å². The molecule has 1 aromatic heterocycles. The third kappa shape index (κ3) is 3.73. The summed E-state index contributed by atoms with van der Waals surface area (Å²) in [7, 11) is 0. The summed E-state index contributed by atoms with van der Waals surface area (Å²) in [6.45, 7) is 2.52. The smallest absolute Gasteiger partial charge is 0.257 e. The van der Waals surface area contributed by atoms with Gasteiger partial charge < -0.3 is 14.5 Å². The van der Waals surface area contributed by atoms with Crippen molar-refractivity contribution < 1.29 is 9.53 Å². The zero-order valence-corrected chi connectivity index (χ0v) is 16.7. The summed E-state index contributed by atoms with van der Waals surface area (Å²) in [5.41, 5.74) is -0.562. The predicted molar refractivity (Wildman–Crippen MR) is 110 cm³/mol. The first kappa shape index (κ1) is 18.6. The molecule has 1 atom stereocenters. The van der Waals surface area contributed by atoms with E-state index in [0.717, 1.165) is 57.0 Å². The van der Waals surface area contributed by atoms with Gasteiger partial charge in [0.1, 0.15) is 17.9 Å². The van der Waals surface area contributed by atoms with Gasteiger partial charge in [-0.2, -0.15) is 0 Å². The first-order chi connectivity index (χ1) is 14.3. The maximum Gasteiger partial charge on any atom is 0.257 e. The fraction of sp³-hybridized carbons (Fsp3) is 0.522. The first-order valence-corrected chi connectivity index (χ1v) is 10.8. The summed E-state index contributed by atoms with van der Waals surface area (Å²) in [5.74, 6) is 2.78. The molecule has 1 saturated carbocycles. The number of anilines is 1. The van der Waals surface area contributed by atoms with E-state index in [0.29, 0.717) is 5.92 Å². The van der Waals surface area contributed by atoms with E-state index in [1.165, 1.54) is 12.8 Å². The van der Waals surface area contributed by atoms with Crippen molar-refractivity contribution >= 4 is 11.7 Å². The Hall–Kier alpha value is -2.47. The molecule has 0 radical (unpaired) electrons. The standard InChI is InChI=1S/C17H22N4O2.C6H6/c22-16-17(23-14-2-1-9-21(14)16)6-10-20(11-7-17)13-5-8-18-15(19-13)12-3-4-12;1-2-4-6-5-3-1/h5,8,12,14H,1-4,6-7,9-11H2;1-6H. The van der Waals surface area contributed by atoms with Crippen LogP contribution in [0.4, 0.5) is 5.82 Å². The Bertz CT molecular complexity index is 820. The molecule has 1 spiro atoms. The van der Waals surface area contributed by atoms with Crippen LogP contribution in [0.25, 0.3) is 0 Å². The van der Waals surface area contributed by atoms with E-state index in [-0.39, 0.29) is 12.1 Å². The summed E-state index contributed by atoms with van der Waals surface area (Å²) < 4.78 is 6.20.